The van der Waals surface area contributed by atoms with Gasteiger partial charge in [0, 0.05) is 29.4 Å². The predicted octanol–water partition coefficient (Wildman–Crippen LogP) is 2.60. The van der Waals surface area contributed by atoms with E-state index in [1.807, 2.05) is 24.3 Å². The summed E-state index contributed by atoms with van der Waals surface area (Å²) < 4.78 is 0. The molecule has 1 heterocycles. The third-order valence-electron chi connectivity index (χ3n) is 3.76. The van der Waals surface area contributed by atoms with Crippen molar-refractivity contribution in [2.45, 2.75) is 25.3 Å². The van der Waals surface area contributed by atoms with Gasteiger partial charge in [-0.05, 0) is 49.1 Å². The lowest BCUT2D eigenvalue weighted by Gasteiger charge is -2.07. The molecule has 2 N–H and O–H groups in total. The van der Waals surface area contributed by atoms with Gasteiger partial charge in [-0.15, -0.1) is 0 Å². The number of hydrogen-bond acceptors (Lipinski definition) is 3. The number of nitrogens with zero attached hydrogens (tertiary/aromatic N) is 1. The Bertz CT molecular complexity index is 759. The molecule has 1 aliphatic rings. The molecule has 6 heteroatoms. The zero-order valence-corrected chi connectivity index (χ0v) is 13.8. The van der Waals surface area contributed by atoms with Crippen molar-refractivity contribution >= 4 is 23.4 Å². The zero-order valence-electron chi connectivity index (χ0n) is 13.1. The van der Waals surface area contributed by atoms with E-state index in [4.69, 9.17) is 11.6 Å². The fourth-order valence-electron chi connectivity index (χ4n) is 2.30. The van der Waals surface area contributed by atoms with E-state index >= 15 is 0 Å². The summed E-state index contributed by atoms with van der Waals surface area (Å²) in [5.41, 5.74) is 1.75. The second kappa shape index (κ2) is 7.45. The van der Waals surface area contributed by atoms with Crippen LogP contribution in [0.4, 0.5) is 0 Å². The molecule has 0 atom stereocenters. The second-order valence-electron chi connectivity index (χ2n) is 5.81. The van der Waals surface area contributed by atoms with Crippen LogP contribution in [0.2, 0.25) is 5.02 Å². The minimum Gasteiger partial charge on any atom is -0.352 e. The van der Waals surface area contributed by atoms with Crippen molar-refractivity contribution in [2.24, 2.45) is 0 Å². The lowest BCUT2D eigenvalue weighted by Crippen LogP contribution is -2.28. The minimum absolute atomic E-state index is 0.222. The molecular formula is C18H18ClN3O2. The van der Waals surface area contributed by atoms with Crippen molar-refractivity contribution in [1.82, 2.24) is 15.6 Å². The Morgan fingerprint density at radius 1 is 1.17 bits per heavy atom. The van der Waals surface area contributed by atoms with Crippen LogP contribution in [0.15, 0.2) is 42.6 Å². The molecule has 1 aromatic heterocycles. The highest BCUT2D eigenvalue weighted by atomic mass is 35.5. The monoisotopic (exact) mass is 343 g/mol. The molecular weight excluding hydrogens is 326 g/mol. The van der Waals surface area contributed by atoms with Gasteiger partial charge in [0.25, 0.3) is 11.8 Å². The quantitative estimate of drug-likeness (QED) is 0.847. The maximum atomic E-state index is 12.2. The van der Waals surface area contributed by atoms with Gasteiger partial charge in [-0.25, -0.2) is 0 Å². The van der Waals surface area contributed by atoms with Gasteiger partial charge < -0.3 is 10.6 Å². The summed E-state index contributed by atoms with van der Waals surface area (Å²) in [4.78, 5) is 28.2. The molecule has 124 valence electrons. The molecule has 2 amide bonds. The van der Waals surface area contributed by atoms with E-state index in [9.17, 15) is 9.59 Å². The van der Waals surface area contributed by atoms with E-state index in [1.54, 1.807) is 6.07 Å². The molecule has 2 aromatic rings. The maximum Gasteiger partial charge on any atom is 0.270 e. The maximum absolute atomic E-state index is 12.2. The molecule has 1 aromatic carbocycles. The Balaban J connectivity index is 1.55. The summed E-state index contributed by atoms with van der Waals surface area (Å²) in [7, 11) is 0. The zero-order chi connectivity index (χ0) is 16.9. The molecule has 3 rings (SSSR count). The number of benzene rings is 1. The fourth-order valence-corrected chi connectivity index (χ4v) is 2.51. The van der Waals surface area contributed by atoms with Gasteiger partial charge in [-0.3, -0.25) is 14.6 Å². The van der Waals surface area contributed by atoms with Crippen molar-refractivity contribution < 1.29 is 9.59 Å². The first-order chi connectivity index (χ1) is 11.6. The van der Waals surface area contributed by atoms with Crippen molar-refractivity contribution in [2.75, 3.05) is 6.54 Å². The summed E-state index contributed by atoms with van der Waals surface area (Å²) in [5.74, 6) is -0.453. The molecule has 0 saturated heterocycles. The van der Waals surface area contributed by atoms with Gasteiger partial charge in [-0.2, -0.15) is 0 Å². The number of hydrogen-bond donors (Lipinski definition) is 2. The van der Waals surface area contributed by atoms with Gasteiger partial charge in [0.15, 0.2) is 0 Å². The van der Waals surface area contributed by atoms with Crippen LogP contribution in [0.25, 0.3) is 0 Å². The Morgan fingerprint density at radius 3 is 2.75 bits per heavy atom. The van der Waals surface area contributed by atoms with Crippen LogP contribution in [0, 0.1) is 0 Å². The van der Waals surface area contributed by atoms with E-state index in [-0.39, 0.29) is 23.6 Å². The average Bonchev–Trinajstić information content (AvgIpc) is 3.39. The van der Waals surface area contributed by atoms with Crippen LogP contribution in [0.5, 0.6) is 0 Å². The van der Waals surface area contributed by atoms with Crippen LogP contribution >= 0.6 is 11.6 Å². The third kappa shape index (κ3) is 4.55. The highest BCUT2D eigenvalue weighted by Gasteiger charge is 2.24. The molecule has 1 aliphatic carbocycles. The molecule has 0 bridgehead atoms. The van der Waals surface area contributed by atoms with Crippen molar-refractivity contribution in [3.05, 3.63) is 64.4 Å². The van der Waals surface area contributed by atoms with Gasteiger partial charge >= 0.3 is 0 Å². The van der Waals surface area contributed by atoms with Crippen LogP contribution < -0.4 is 10.6 Å². The Kier molecular flexibility index (Phi) is 5.11. The van der Waals surface area contributed by atoms with Crippen LogP contribution in [0.1, 0.15) is 39.3 Å². The largest absolute Gasteiger partial charge is 0.352 e. The van der Waals surface area contributed by atoms with Gasteiger partial charge in [0.2, 0.25) is 0 Å². The van der Waals surface area contributed by atoms with E-state index in [1.165, 1.54) is 12.3 Å². The summed E-state index contributed by atoms with van der Waals surface area (Å²) in [6.07, 6.45) is 4.19. The SMILES string of the molecule is O=C(NCCc1cccc(Cl)c1)c1ccnc(C(=O)NC2CC2)c1. The topological polar surface area (TPSA) is 71.1 Å². The van der Waals surface area contributed by atoms with Crippen molar-refractivity contribution in [3.63, 3.8) is 0 Å². The first-order valence-corrected chi connectivity index (χ1v) is 8.29. The normalized spacial score (nSPS) is 13.4. The number of carbonyl (C=O) groups is 2. The Hall–Kier alpha value is -2.40. The van der Waals surface area contributed by atoms with Gasteiger partial charge in [0.05, 0.1) is 0 Å². The number of rotatable bonds is 6. The number of carbonyl (C=O) groups excluding carboxylic acids is 2. The second-order valence-corrected chi connectivity index (χ2v) is 6.25. The Morgan fingerprint density at radius 2 is 2.00 bits per heavy atom. The summed E-state index contributed by atoms with van der Waals surface area (Å²) in [6.45, 7) is 0.491. The highest BCUT2D eigenvalue weighted by Crippen LogP contribution is 2.19. The van der Waals surface area contributed by atoms with Gasteiger partial charge in [0.1, 0.15) is 5.69 Å². The third-order valence-corrected chi connectivity index (χ3v) is 3.99. The molecule has 0 radical (unpaired) electrons. The minimum atomic E-state index is -0.230. The highest BCUT2D eigenvalue weighted by molar-refractivity contribution is 6.30. The van der Waals surface area contributed by atoms with Crippen LogP contribution in [-0.2, 0) is 6.42 Å². The standard InChI is InChI=1S/C18H18ClN3O2/c19-14-3-1-2-12(10-14)6-8-21-17(23)13-7-9-20-16(11-13)18(24)22-15-4-5-15/h1-3,7,9-11,15H,4-6,8H2,(H,21,23)(H,22,24). The van der Waals surface area contributed by atoms with Crippen molar-refractivity contribution in [1.29, 1.82) is 0 Å². The molecule has 1 fully saturated rings. The van der Waals surface area contributed by atoms with E-state index < -0.39 is 0 Å². The first-order valence-electron chi connectivity index (χ1n) is 7.91. The number of halogens is 1. The van der Waals surface area contributed by atoms with E-state index in [2.05, 4.69) is 15.6 Å². The summed E-state index contributed by atoms with van der Waals surface area (Å²) >= 11 is 5.94. The van der Waals surface area contributed by atoms with E-state index in [0.717, 1.165) is 18.4 Å². The van der Waals surface area contributed by atoms with Gasteiger partial charge in [-0.1, -0.05) is 23.7 Å². The summed E-state index contributed by atoms with van der Waals surface area (Å²) in [5, 5.41) is 6.39. The van der Waals surface area contributed by atoms with Crippen LogP contribution in [0.3, 0.4) is 0 Å². The lowest BCUT2D eigenvalue weighted by atomic mass is 10.1. The molecule has 0 unspecified atom stereocenters. The summed E-state index contributed by atoms with van der Waals surface area (Å²) in [6, 6.07) is 10.9. The first kappa shape index (κ1) is 16.5. The average molecular weight is 344 g/mol. The molecule has 0 spiro atoms. The lowest BCUT2D eigenvalue weighted by molar-refractivity contribution is 0.0946. The number of amides is 2. The fraction of sp³-hybridized carbons (Fsp3) is 0.278. The number of pyridine rings is 1. The molecule has 5 nitrogen and oxygen atoms in total. The number of aromatic nitrogens is 1. The van der Waals surface area contributed by atoms with Crippen molar-refractivity contribution in [3.8, 4) is 0 Å². The molecule has 24 heavy (non-hydrogen) atoms. The predicted molar refractivity (Wildman–Crippen MR) is 92.2 cm³/mol. The van der Waals surface area contributed by atoms with E-state index in [0.29, 0.717) is 23.6 Å². The molecule has 0 aliphatic heterocycles. The van der Waals surface area contributed by atoms with Crippen LogP contribution in [-0.4, -0.2) is 29.4 Å². The Labute approximate surface area is 145 Å². The number of nitrogens with one attached hydrogen (secondary N) is 2. The molecule has 1 saturated carbocycles. The smallest absolute Gasteiger partial charge is 0.270 e.